The van der Waals surface area contributed by atoms with Gasteiger partial charge in [0.1, 0.15) is 6.04 Å². The minimum absolute atomic E-state index is 0.0756. The standard InChI is InChI=1S/C25H30Cl2N2O2S/c1-18(25(31)28-20-11-6-3-7-12-20)29(15-19-9-4-2-5-10-19)24(30)17-32-16-21-22(26)13-8-14-23(21)27/h2,4-5,8-10,13-14,18,20H,3,6-7,11-12,15-17H2,1H3,(H,28,31)/t18-/m0/s1. The third kappa shape index (κ3) is 7.16. The lowest BCUT2D eigenvalue weighted by Gasteiger charge is -2.31. The van der Waals surface area contributed by atoms with E-state index in [0.717, 1.165) is 36.8 Å². The SMILES string of the molecule is C[C@@H](C(=O)NC1CCCCC1)N(Cc1ccccc1)C(=O)CSCc1c(Cl)cccc1Cl. The van der Waals surface area contributed by atoms with Gasteiger partial charge < -0.3 is 10.2 Å². The van der Waals surface area contributed by atoms with Crippen LogP contribution in [0.25, 0.3) is 0 Å². The van der Waals surface area contributed by atoms with Crippen molar-refractivity contribution in [3.8, 4) is 0 Å². The van der Waals surface area contributed by atoms with E-state index in [2.05, 4.69) is 5.32 Å². The summed E-state index contributed by atoms with van der Waals surface area (Å²) in [6, 6.07) is 14.8. The van der Waals surface area contributed by atoms with Crippen molar-refractivity contribution in [2.24, 2.45) is 0 Å². The molecule has 0 spiro atoms. The zero-order valence-electron chi connectivity index (χ0n) is 18.4. The highest BCUT2D eigenvalue weighted by Gasteiger charge is 2.28. The fraction of sp³-hybridized carbons (Fsp3) is 0.440. The van der Waals surface area contributed by atoms with E-state index in [1.807, 2.05) is 37.3 Å². The number of carbonyl (C=O) groups excluding carboxylic acids is 2. The van der Waals surface area contributed by atoms with Gasteiger partial charge in [-0.1, -0.05) is 78.9 Å². The smallest absolute Gasteiger partial charge is 0.242 e. The first-order chi connectivity index (χ1) is 15.5. The molecule has 1 N–H and O–H groups in total. The first-order valence-corrected chi connectivity index (χ1v) is 13.0. The van der Waals surface area contributed by atoms with Crippen LogP contribution in [-0.4, -0.2) is 34.6 Å². The Bertz CT molecular complexity index is 884. The normalized spacial score (nSPS) is 15.2. The second kappa shape index (κ2) is 12.5. The number of nitrogens with zero attached hydrogens (tertiary/aromatic N) is 1. The van der Waals surface area contributed by atoms with Gasteiger partial charge in [-0.15, -0.1) is 11.8 Å². The molecule has 1 atom stereocenters. The van der Waals surface area contributed by atoms with Crippen molar-refractivity contribution >= 4 is 46.8 Å². The molecule has 0 bridgehead atoms. The Balaban J connectivity index is 1.65. The summed E-state index contributed by atoms with van der Waals surface area (Å²) in [5.41, 5.74) is 1.82. The predicted octanol–water partition coefficient (Wildman–Crippen LogP) is 6.09. The maximum atomic E-state index is 13.2. The number of nitrogens with one attached hydrogen (secondary N) is 1. The number of benzene rings is 2. The lowest BCUT2D eigenvalue weighted by atomic mass is 9.95. The van der Waals surface area contributed by atoms with Crippen molar-refractivity contribution < 1.29 is 9.59 Å². The van der Waals surface area contributed by atoms with Crippen LogP contribution in [0.15, 0.2) is 48.5 Å². The van der Waals surface area contributed by atoms with E-state index in [0.29, 0.717) is 22.3 Å². The maximum Gasteiger partial charge on any atom is 0.242 e. The first-order valence-electron chi connectivity index (χ1n) is 11.1. The molecule has 2 aromatic carbocycles. The molecule has 0 heterocycles. The van der Waals surface area contributed by atoms with Crippen molar-refractivity contribution in [1.29, 1.82) is 0 Å². The highest BCUT2D eigenvalue weighted by Crippen LogP contribution is 2.28. The minimum atomic E-state index is -0.547. The van der Waals surface area contributed by atoms with Crippen LogP contribution in [0.1, 0.15) is 50.2 Å². The second-order valence-corrected chi connectivity index (χ2v) is 10.0. The Morgan fingerprint density at radius 3 is 2.34 bits per heavy atom. The third-order valence-corrected chi connectivity index (χ3v) is 7.50. The van der Waals surface area contributed by atoms with Crippen molar-refractivity contribution in [2.75, 3.05) is 5.75 Å². The fourth-order valence-corrected chi connectivity index (χ4v) is 5.57. The molecule has 0 saturated heterocycles. The van der Waals surface area contributed by atoms with Gasteiger partial charge in [-0.3, -0.25) is 9.59 Å². The number of carbonyl (C=O) groups is 2. The van der Waals surface area contributed by atoms with Crippen LogP contribution in [-0.2, 0) is 21.9 Å². The number of rotatable bonds is 9. The van der Waals surface area contributed by atoms with Gasteiger partial charge in [0, 0.05) is 28.4 Å². The molecule has 0 aliphatic heterocycles. The molecule has 4 nitrogen and oxygen atoms in total. The molecule has 2 aromatic rings. The van der Waals surface area contributed by atoms with E-state index >= 15 is 0 Å². The number of halogens is 2. The molecule has 0 unspecified atom stereocenters. The molecule has 0 aromatic heterocycles. The Morgan fingerprint density at radius 1 is 1.03 bits per heavy atom. The van der Waals surface area contributed by atoms with E-state index in [9.17, 15) is 9.59 Å². The quantitative estimate of drug-likeness (QED) is 0.460. The summed E-state index contributed by atoms with van der Waals surface area (Å²) in [6.45, 7) is 2.21. The Labute approximate surface area is 205 Å². The van der Waals surface area contributed by atoms with E-state index < -0.39 is 6.04 Å². The van der Waals surface area contributed by atoms with Gasteiger partial charge in [-0.25, -0.2) is 0 Å². The van der Waals surface area contributed by atoms with Gasteiger partial charge in [-0.05, 0) is 43.0 Å². The topological polar surface area (TPSA) is 49.4 Å². The van der Waals surface area contributed by atoms with Crippen LogP contribution in [0.4, 0.5) is 0 Å². The molecule has 172 valence electrons. The molecule has 1 fully saturated rings. The summed E-state index contributed by atoms with van der Waals surface area (Å²) in [7, 11) is 0. The Hall–Kier alpha value is -1.69. The highest BCUT2D eigenvalue weighted by molar-refractivity contribution is 7.99. The number of hydrogen-bond acceptors (Lipinski definition) is 3. The molecule has 3 rings (SSSR count). The van der Waals surface area contributed by atoms with Gasteiger partial charge in [0.2, 0.25) is 11.8 Å². The summed E-state index contributed by atoms with van der Waals surface area (Å²) in [5, 5.41) is 4.35. The number of amides is 2. The van der Waals surface area contributed by atoms with Crippen LogP contribution >= 0.6 is 35.0 Å². The second-order valence-electron chi connectivity index (χ2n) is 8.22. The van der Waals surface area contributed by atoms with Crippen molar-refractivity contribution in [3.05, 3.63) is 69.7 Å². The van der Waals surface area contributed by atoms with Crippen LogP contribution in [0, 0.1) is 0 Å². The Kier molecular flexibility index (Phi) is 9.76. The van der Waals surface area contributed by atoms with Crippen LogP contribution in [0.5, 0.6) is 0 Å². The summed E-state index contributed by atoms with van der Waals surface area (Å²) in [4.78, 5) is 27.9. The third-order valence-electron chi connectivity index (χ3n) is 5.85. The first kappa shape index (κ1) is 24.9. The molecule has 32 heavy (non-hydrogen) atoms. The molecule has 1 aliphatic carbocycles. The van der Waals surface area contributed by atoms with E-state index in [1.54, 1.807) is 23.1 Å². The Morgan fingerprint density at radius 2 is 1.69 bits per heavy atom. The molecule has 1 saturated carbocycles. The fourth-order valence-electron chi connectivity index (χ4n) is 3.93. The van der Waals surface area contributed by atoms with Crippen LogP contribution in [0.2, 0.25) is 10.0 Å². The zero-order valence-corrected chi connectivity index (χ0v) is 20.7. The van der Waals surface area contributed by atoms with Gasteiger partial charge in [0.15, 0.2) is 0 Å². The molecule has 2 amide bonds. The largest absolute Gasteiger partial charge is 0.352 e. The van der Waals surface area contributed by atoms with Gasteiger partial charge in [-0.2, -0.15) is 0 Å². The zero-order chi connectivity index (χ0) is 22.9. The lowest BCUT2D eigenvalue weighted by molar-refractivity contribution is -0.139. The van der Waals surface area contributed by atoms with Gasteiger partial charge >= 0.3 is 0 Å². The van der Waals surface area contributed by atoms with Gasteiger partial charge in [0.05, 0.1) is 5.75 Å². The average Bonchev–Trinajstić information content (AvgIpc) is 2.80. The van der Waals surface area contributed by atoms with Crippen molar-refractivity contribution in [2.45, 2.75) is 63.4 Å². The highest BCUT2D eigenvalue weighted by atomic mass is 35.5. The number of thioether (sulfide) groups is 1. The predicted molar refractivity (Wildman–Crippen MR) is 134 cm³/mol. The minimum Gasteiger partial charge on any atom is -0.352 e. The summed E-state index contributed by atoms with van der Waals surface area (Å²) < 4.78 is 0. The molecular formula is C25H30Cl2N2O2S. The lowest BCUT2D eigenvalue weighted by Crippen LogP contribution is -2.50. The van der Waals surface area contributed by atoms with E-state index in [-0.39, 0.29) is 23.6 Å². The van der Waals surface area contributed by atoms with E-state index in [4.69, 9.17) is 23.2 Å². The molecule has 0 radical (unpaired) electrons. The van der Waals surface area contributed by atoms with Crippen LogP contribution < -0.4 is 5.32 Å². The summed E-state index contributed by atoms with van der Waals surface area (Å²) >= 11 is 14.0. The summed E-state index contributed by atoms with van der Waals surface area (Å²) in [6.07, 6.45) is 5.55. The maximum absolute atomic E-state index is 13.2. The molecular weight excluding hydrogens is 463 g/mol. The van der Waals surface area contributed by atoms with Crippen molar-refractivity contribution in [3.63, 3.8) is 0 Å². The number of hydrogen-bond donors (Lipinski definition) is 1. The van der Waals surface area contributed by atoms with Gasteiger partial charge in [0.25, 0.3) is 0 Å². The van der Waals surface area contributed by atoms with E-state index in [1.165, 1.54) is 18.2 Å². The van der Waals surface area contributed by atoms with Crippen molar-refractivity contribution in [1.82, 2.24) is 10.2 Å². The monoisotopic (exact) mass is 492 g/mol. The average molecular weight is 494 g/mol. The molecule has 7 heteroatoms. The molecule has 1 aliphatic rings. The van der Waals surface area contributed by atoms with Crippen LogP contribution in [0.3, 0.4) is 0 Å². The summed E-state index contributed by atoms with van der Waals surface area (Å²) in [5.74, 6) is 0.621.